The Morgan fingerprint density at radius 3 is 2.61 bits per heavy atom. The molecule has 1 aromatic heterocycles. The minimum atomic E-state index is -0.659. The molecular weight excluding hydrogens is 232 g/mol. The fraction of sp³-hybridized carbons (Fsp3) is 0. The van der Waals surface area contributed by atoms with E-state index in [0.717, 1.165) is 0 Å². The fourth-order valence-corrected chi connectivity index (χ4v) is 1.28. The average molecular weight is 240 g/mol. The van der Waals surface area contributed by atoms with Crippen LogP contribution in [-0.4, -0.2) is 10.1 Å². The number of aromatic hydroxyl groups is 1. The van der Waals surface area contributed by atoms with Crippen LogP contribution in [0, 0.1) is 11.3 Å². The van der Waals surface area contributed by atoms with Crippen LogP contribution in [0.15, 0.2) is 51.4 Å². The van der Waals surface area contributed by atoms with E-state index in [-0.39, 0.29) is 11.3 Å². The molecule has 0 saturated carbocycles. The number of nitrogens with zero attached hydrogens (tertiary/aromatic N) is 3. The maximum Gasteiger partial charge on any atom is 0.268 e. The Morgan fingerprint density at radius 2 is 1.94 bits per heavy atom. The lowest BCUT2D eigenvalue weighted by Gasteiger charge is -1.97. The smallest absolute Gasteiger partial charge is 0.268 e. The van der Waals surface area contributed by atoms with Crippen LogP contribution in [0.4, 0.5) is 11.4 Å². The zero-order valence-corrected chi connectivity index (χ0v) is 9.16. The number of nitrogens with one attached hydrogen (secondary N) is 1. The molecular formula is C12H8N4O2. The van der Waals surface area contributed by atoms with Crippen LogP contribution in [0.5, 0.6) is 5.88 Å². The van der Waals surface area contributed by atoms with E-state index in [9.17, 15) is 9.90 Å². The van der Waals surface area contributed by atoms with Gasteiger partial charge in [-0.15, -0.1) is 5.11 Å². The standard InChI is InChI=1S/C12H8N4O2/c13-7-8-6-10(12(18)14-11(8)17)16-15-9-4-2-1-3-5-9/h1-6H,(H2,14,17,18)/b16-15+. The third kappa shape index (κ3) is 2.41. The highest BCUT2D eigenvalue weighted by Gasteiger charge is 2.06. The number of H-pyrrole nitrogens is 1. The van der Waals surface area contributed by atoms with Gasteiger partial charge in [-0.1, -0.05) is 18.2 Å². The van der Waals surface area contributed by atoms with Crippen LogP contribution in [0.25, 0.3) is 0 Å². The number of hydrogen-bond donors (Lipinski definition) is 2. The molecule has 88 valence electrons. The van der Waals surface area contributed by atoms with Crippen LogP contribution in [0.3, 0.4) is 0 Å². The first kappa shape index (κ1) is 11.5. The maximum atomic E-state index is 11.2. The van der Waals surface area contributed by atoms with Crippen molar-refractivity contribution in [2.75, 3.05) is 0 Å². The summed E-state index contributed by atoms with van der Waals surface area (Å²) < 4.78 is 0. The highest BCUT2D eigenvalue weighted by Crippen LogP contribution is 2.24. The first-order valence-electron chi connectivity index (χ1n) is 5.04. The lowest BCUT2D eigenvalue weighted by atomic mass is 10.3. The Kier molecular flexibility index (Phi) is 3.16. The molecule has 0 radical (unpaired) electrons. The molecule has 0 saturated heterocycles. The van der Waals surface area contributed by atoms with Gasteiger partial charge < -0.3 is 5.11 Å². The van der Waals surface area contributed by atoms with E-state index in [1.54, 1.807) is 30.3 Å². The summed E-state index contributed by atoms with van der Waals surface area (Å²) in [7, 11) is 0. The molecule has 0 fully saturated rings. The summed E-state index contributed by atoms with van der Waals surface area (Å²) in [6.45, 7) is 0. The molecule has 18 heavy (non-hydrogen) atoms. The highest BCUT2D eigenvalue weighted by atomic mass is 16.3. The summed E-state index contributed by atoms with van der Waals surface area (Å²) in [5, 5.41) is 25.8. The first-order valence-corrected chi connectivity index (χ1v) is 5.04. The Morgan fingerprint density at radius 1 is 1.22 bits per heavy atom. The maximum absolute atomic E-state index is 11.2. The molecule has 0 spiro atoms. The van der Waals surface area contributed by atoms with E-state index in [2.05, 4.69) is 15.2 Å². The van der Waals surface area contributed by atoms with Gasteiger partial charge in [-0.05, 0) is 18.2 Å². The largest absolute Gasteiger partial charge is 0.493 e. The number of nitriles is 1. The normalized spacial score (nSPS) is 10.4. The van der Waals surface area contributed by atoms with Gasteiger partial charge in [0.15, 0.2) is 0 Å². The lowest BCUT2D eigenvalue weighted by Crippen LogP contribution is -2.08. The van der Waals surface area contributed by atoms with Gasteiger partial charge in [0.1, 0.15) is 17.3 Å². The number of aromatic amines is 1. The van der Waals surface area contributed by atoms with E-state index >= 15 is 0 Å². The average Bonchev–Trinajstić information content (AvgIpc) is 2.39. The van der Waals surface area contributed by atoms with Crippen molar-refractivity contribution in [3.63, 3.8) is 0 Å². The van der Waals surface area contributed by atoms with Gasteiger partial charge in [0, 0.05) is 0 Å². The molecule has 1 aromatic carbocycles. The van der Waals surface area contributed by atoms with E-state index in [1.807, 2.05) is 6.07 Å². The molecule has 2 N–H and O–H groups in total. The molecule has 1 heterocycles. The molecule has 0 unspecified atom stereocenters. The van der Waals surface area contributed by atoms with Gasteiger partial charge in [-0.25, -0.2) is 0 Å². The number of hydrogen-bond acceptors (Lipinski definition) is 5. The summed E-state index contributed by atoms with van der Waals surface area (Å²) in [6.07, 6.45) is 0. The van der Waals surface area contributed by atoms with Gasteiger partial charge in [0.25, 0.3) is 5.56 Å². The summed E-state index contributed by atoms with van der Waals surface area (Å²) in [4.78, 5) is 13.3. The van der Waals surface area contributed by atoms with Gasteiger partial charge in [0.2, 0.25) is 5.88 Å². The van der Waals surface area contributed by atoms with Crippen molar-refractivity contribution in [1.82, 2.24) is 4.98 Å². The monoisotopic (exact) mass is 240 g/mol. The second kappa shape index (κ2) is 4.93. The molecule has 0 amide bonds. The first-order chi connectivity index (χ1) is 8.70. The molecule has 0 bridgehead atoms. The van der Waals surface area contributed by atoms with Crippen molar-refractivity contribution < 1.29 is 5.11 Å². The van der Waals surface area contributed by atoms with Crippen molar-refractivity contribution in [3.05, 3.63) is 52.3 Å². The number of azo groups is 1. The van der Waals surface area contributed by atoms with E-state index in [0.29, 0.717) is 5.69 Å². The third-order valence-corrected chi connectivity index (χ3v) is 2.15. The van der Waals surface area contributed by atoms with Gasteiger partial charge in [-0.3, -0.25) is 9.78 Å². The zero-order chi connectivity index (χ0) is 13.0. The lowest BCUT2D eigenvalue weighted by molar-refractivity contribution is 0.453. The summed E-state index contributed by atoms with van der Waals surface area (Å²) in [5.41, 5.74) is -0.153. The highest BCUT2D eigenvalue weighted by molar-refractivity contribution is 5.50. The van der Waals surface area contributed by atoms with Crippen molar-refractivity contribution in [2.24, 2.45) is 10.2 Å². The number of pyridine rings is 1. The summed E-state index contributed by atoms with van der Waals surface area (Å²) in [6, 6.07) is 11.8. The molecule has 2 aromatic rings. The SMILES string of the molecule is N#Cc1cc(/N=N/c2ccccc2)c(O)[nH]c1=O. The Hall–Kier alpha value is -2.94. The van der Waals surface area contributed by atoms with E-state index in [4.69, 9.17) is 5.26 Å². The van der Waals surface area contributed by atoms with Crippen LogP contribution in [0.1, 0.15) is 5.56 Å². The fourth-order valence-electron chi connectivity index (χ4n) is 1.28. The van der Waals surface area contributed by atoms with Gasteiger partial charge in [-0.2, -0.15) is 10.4 Å². The van der Waals surface area contributed by atoms with Crippen LogP contribution in [0.2, 0.25) is 0 Å². The van der Waals surface area contributed by atoms with Gasteiger partial charge in [0.05, 0.1) is 5.69 Å². The van der Waals surface area contributed by atoms with Crippen LogP contribution < -0.4 is 5.56 Å². The Balaban J connectivity index is 2.39. The quantitative estimate of drug-likeness (QED) is 0.787. The molecule has 0 aliphatic heterocycles. The van der Waals surface area contributed by atoms with Crippen molar-refractivity contribution >= 4 is 11.4 Å². The Labute approximate surface area is 102 Å². The molecule has 6 nitrogen and oxygen atoms in total. The summed E-state index contributed by atoms with van der Waals surface area (Å²) >= 11 is 0. The molecule has 2 rings (SSSR count). The topological polar surface area (TPSA) is 102 Å². The minimum absolute atomic E-state index is 0.0370. The molecule has 0 atom stereocenters. The van der Waals surface area contributed by atoms with Crippen LogP contribution >= 0.6 is 0 Å². The number of benzene rings is 1. The Bertz CT molecular complexity index is 683. The van der Waals surface area contributed by atoms with E-state index < -0.39 is 11.4 Å². The molecule has 0 aliphatic rings. The molecule has 6 heteroatoms. The van der Waals surface area contributed by atoms with Crippen molar-refractivity contribution in [3.8, 4) is 11.9 Å². The number of rotatable bonds is 2. The predicted octanol–water partition coefficient (Wildman–Crippen LogP) is 2.37. The second-order valence-electron chi connectivity index (χ2n) is 3.39. The zero-order valence-electron chi connectivity index (χ0n) is 9.16. The minimum Gasteiger partial charge on any atom is -0.493 e. The van der Waals surface area contributed by atoms with E-state index in [1.165, 1.54) is 6.07 Å². The van der Waals surface area contributed by atoms with Crippen molar-refractivity contribution in [1.29, 1.82) is 5.26 Å². The second-order valence-corrected chi connectivity index (χ2v) is 3.39. The number of aromatic nitrogens is 1. The molecule has 0 aliphatic carbocycles. The van der Waals surface area contributed by atoms with Crippen LogP contribution in [-0.2, 0) is 0 Å². The predicted molar refractivity (Wildman–Crippen MR) is 64.1 cm³/mol. The van der Waals surface area contributed by atoms with Gasteiger partial charge >= 0.3 is 0 Å². The van der Waals surface area contributed by atoms with Crippen molar-refractivity contribution in [2.45, 2.75) is 0 Å². The third-order valence-electron chi connectivity index (χ3n) is 2.15. The summed E-state index contributed by atoms with van der Waals surface area (Å²) in [5.74, 6) is -0.418.